The van der Waals surface area contributed by atoms with Crippen molar-refractivity contribution in [2.45, 2.75) is 52.0 Å². The van der Waals surface area contributed by atoms with Crippen molar-refractivity contribution in [3.8, 4) is 0 Å². The van der Waals surface area contributed by atoms with Gasteiger partial charge in [0, 0.05) is 6.04 Å². The maximum atomic E-state index is 6.45. The Hall–Kier alpha value is -0.0400. The lowest BCUT2D eigenvalue weighted by molar-refractivity contribution is 0.325. The Morgan fingerprint density at radius 3 is 2.33 bits per heavy atom. The molecule has 0 amide bonds. The molecule has 0 spiro atoms. The first-order valence-electron chi connectivity index (χ1n) is 6.99. The van der Waals surface area contributed by atoms with Crippen molar-refractivity contribution in [1.29, 1.82) is 0 Å². The topological polar surface area (TPSA) is 26.0 Å². The van der Waals surface area contributed by atoms with Crippen molar-refractivity contribution < 1.29 is 0 Å². The zero-order chi connectivity index (χ0) is 10.6. The van der Waals surface area contributed by atoms with Crippen LogP contribution in [0.3, 0.4) is 0 Å². The third kappa shape index (κ3) is 1.39. The van der Waals surface area contributed by atoms with Crippen molar-refractivity contribution in [3.63, 3.8) is 0 Å². The van der Waals surface area contributed by atoms with Gasteiger partial charge in [0.2, 0.25) is 0 Å². The Labute approximate surface area is 93.8 Å². The van der Waals surface area contributed by atoms with Crippen LogP contribution in [0.4, 0.5) is 0 Å². The highest BCUT2D eigenvalue weighted by atomic mass is 14.8. The molecule has 86 valence electrons. The number of hydrogen-bond donors (Lipinski definition) is 1. The molecule has 0 aromatic rings. The molecule has 3 fully saturated rings. The molecule has 3 aliphatic carbocycles. The van der Waals surface area contributed by atoms with Crippen LogP contribution in [0.5, 0.6) is 0 Å². The molecule has 0 saturated heterocycles. The summed E-state index contributed by atoms with van der Waals surface area (Å²) < 4.78 is 0. The SMILES string of the molecule is CCCC(C)C(N)C1C2C3CCC(C3)C21. The standard InChI is InChI=1S/C14H25N/c1-3-4-8(2)14(15)13-11-9-5-6-10(7-9)12(11)13/h8-14H,3-7,15H2,1-2H3. The van der Waals surface area contributed by atoms with E-state index >= 15 is 0 Å². The Morgan fingerprint density at radius 1 is 1.20 bits per heavy atom. The van der Waals surface area contributed by atoms with Crippen LogP contribution in [0, 0.1) is 35.5 Å². The largest absolute Gasteiger partial charge is 0.327 e. The highest BCUT2D eigenvalue weighted by Crippen LogP contribution is 2.70. The van der Waals surface area contributed by atoms with E-state index in [-0.39, 0.29) is 0 Å². The van der Waals surface area contributed by atoms with Crippen LogP contribution in [0.1, 0.15) is 46.0 Å². The minimum Gasteiger partial charge on any atom is -0.327 e. The van der Waals surface area contributed by atoms with Gasteiger partial charge in [-0.3, -0.25) is 0 Å². The van der Waals surface area contributed by atoms with Crippen molar-refractivity contribution in [3.05, 3.63) is 0 Å². The zero-order valence-corrected chi connectivity index (χ0v) is 10.2. The van der Waals surface area contributed by atoms with Crippen molar-refractivity contribution in [2.75, 3.05) is 0 Å². The lowest BCUT2D eigenvalue weighted by Gasteiger charge is -2.22. The van der Waals surface area contributed by atoms with Gasteiger partial charge in [-0.2, -0.15) is 0 Å². The van der Waals surface area contributed by atoms with E-state index in [0.29, 0.717) is 6.04 Å². The summed E-state index contributed by atoms with van der Waals surface area (Å²) in [4.78, 5) is 0. The summed E-state index contributed by atoms with van der Waals surface area (Å²) >= 11 is 0. The molecule has 2 N–H and O–H groups in total. The predicted molar refractivity (Wildman–Crippen MR) is 63.3 cm³/mol. The second-order valence-corrected chi connectivity index (χ2v) is 6.41. The first kappa shape index (κ1) is 10.1. The third-order valence-electron chi connectivity index (χ3n) is 5.64. The monoisotopic (exact) mass is 207 g/mol. The van der Waals surface area contributed by atoms with Crippen LogP contribution in [-0.4, -0.2) is 6.04 Å². The first-order chi connectivity index (χ1) is 7.24. The lowest BCUT2D eigenvalue weighted by Crippen LogP contribution is -2.33. The summed E-state index contributed by atoms with van der Waals surface area (Å²) in [7, 11) is 0. The molecular weight excluding hydrogens is 182 g/mol. The van der Waals surface area contributed by atoms with Crippen LogP contribution >= 0.6 is 0 Å². The number of hydrogen-bond acceptors (Lipinski definition) is 1. The number of nitrogens with two attached hydrogens (primary N) is 1. The van der Waals surface area contributed by atoms with Crippen molar-refractivity contribution in [2.24, 2.45) is 41.2 Å². The van der Waals surface area contributed by atoms with Crippen LogP contribution in [0.15, 0.2) is 0 Å². The smallest absolute Gasteiger partial charge is 0.00987 e. The minimum atomic E-state index is 0.517. The van der Waals surface area contributed by atoms with Gasteiger partial charge in [0.15, 0.2) is 0 Å². The van der Waals surface area contributed by atoms with Crippen molar-refractivity contribution >= 4 is 0 Å². The maximum absolute atomic E-state index is 6.45. The second-order valence-electron chi connectivity index (χ2n) is 6.41. The van der Waals surface area contributed by atoms with E-state index in [1.165, 1.54) is 25.7 Å². The van der Waals surface area contributed by atoms with Crippen LogP contribution < -0.4 is 5.73 Å². The average Bonchev–Trinajstić information content (AvgIpc) is 2.65. The summed E-state index contributed by atoms with van der Waals surface area (Å²) in [5, 5.41) is 0. The molecule has 0 aromatic heterocycles. The normalized spacial score (nSPS) is 50.2. The fourth-order valence-corrected chi connectivity index (χ4v) is 4.93. The van der Waals surface area contributed by atoms with E-state index in [2.05, 4.69) is 13.8 Å². The molecule has 3 aliphatic rings. The molecular formula is C14H25N. The van der Waals surface area contributed by atoms with Crippen LogP contribution in [-0.2, 0) is 0 Å². The van der Waals surface area contributed by atoms with Gasteiger partial charge in [-0.25, -0.2) is 0 Å². The molecule has 0 aliphatic heterocycles. The fraction of sp³-hybridized carbons (Fsp3) is 1.00. The molecule has 15 heavy (non-hydrogen) atoms. The number of fused-ring (bicyclic) bond motifs is 5. The highest BCUT2D eigenvalue weighted by Gasteiger charge is 2.66. The average molecular weight is 207 g/mol. The van der Waals surface area contributed by atoms with Crippen molar-refractivity contribution in [1.82, 2.24) is 0 Å². The number of rotatable bonds is 4. The van der Waals surface area contributed by atoms with E-state index in [4.69, 9.17) is 5.73 Å². The summed E-state index contributed by atoms with van der Waals surface area (Å²) in [6.07, 6.45) is 7.23. The van der Waals surface area contributed by atoms with Gasteiger partial charge in [-0.1, -0.05) is 20.3 Å². The van der Waals surface area contributed by atoms with Crippen LogP contribution in [0.25, 0.3) is 0 Å². The van der Waals surface area contributed by atoms with Gasteiger partial charge in [0.05, 0.1) is 0 Å². The highest BCUT2D eigenvalue weighted by molar-refractivity contribution is 5.15. The first-order valence-corrected chi connectivity index (χ1v) is 6.99. The summed E-state index contributed by atoms with van der Waals surface area (Å²) in [5.41, 5.74) is 6.45. The Bertz CT molecular complexity index is 234. The molecule has 6 atom stereocenters. The molecule has 6 unspecified atom stereocenters. The van der Waals surface area contributed by atoms with Gasteiger partial charge in [0.1, 0.15) is 0 Å². The second kappa shape index (κ2) is 3.48. The molecule has 0 heterocycles. The van der Waals surface area contributed by atoms with Gasteiger partial charge in [-0.05, 0) is 61.2 Å². The molecule has 2 bridgehead atoms. The zero-order valence-electron chi connectivity index (χ0n) is 10.2. The van der Waals surface area contributed by atoms with Gasteiger partial charge in [-0.15, -0.1) is 0 Å². The van der Waals surface area contributed by atoms with E-state index in [1.54, 1.807) is 6.42 Å². The summed E-state index contributed by atoms with van der Waals surface area (Å²) in [5.74, 6) is 5.99. The third-order valence-corrected chi connectivity index (χ3v) is 5.64. The van der Waals surface area contributed by atoms with Gasteiger partial charge >= 0.3 is 0 Å². The van der Waals surface area contributed by atoms with E-state index in [1.807, 2.05) is 0 Å². The molecule has 3 saturated carbocycles. The summed E-state index contributed by atoms with van der Waals surface area (Å²) in [6, 6.07) is 0.517. The molecule has 0 aromatic carbocycles. The Morgan fingerprint density at radius 2 is 1.80 bits per heavy atom. The molecule has 3 rings (SSSR count). The maximum Gasteiger partial charge on any atom is 0.00987 e. The van der Waals surface area contributed by atoms with Gasteiger partial charge in [0.25, 0.3) is 0 Å². The molecule has 1 nitrogen and oxygen atoms in total. The minimum absolute atomic E-state index is 0.517. The fourth-order valence-electron chi connectivity index (χ4n) is 4.93. The van der Waals surface area contributed by atoms with E-state index in [0.717, 1.165) is 35.5 Å². The van der Waals surface area contributed by atoms with Crippen LogP contribution in [0.2, 0.25) is 0 Å². The van der Waals surface area contributed by atoms with E-state index in [9.17, 15) is 0 Å². The Kier molecular flexibility index (Phi) is 2.35. The Balaban J connectivity index is 1.62. The van der Waals surface area contributed by atoms with E-state index < -0.39 is 0 Å². The molecule has 1 heteroatoms. The van der Waals surface area contributed by atoms with Gasteiger partial charge < -0.3 is 5.73 Å². The lowest BCUT2D eigenvalue weighted by atomic mass is 9.88. The molecule has 0 radical (unpaired) electrons. The summed E-state index contributed by atoms with van der Waals surface area (Å²) in [6.45, 7) is 4.64. The predicted octanol–water partition coefficient (Wildman–Crippen LogP) is 3.04. The quantitative estimate of drug-likeness (QED) is 0.753.